The van der Waals surface area contributed by atoms with Crippen LogP contribution in [0.25, 0.3) is 0 Å². The first-order valence-corrected chi connectivity index (χ1v) is 6.46. The summed E-state index contributed by atoms with van der Waals surface area (Å²) >= 11 is 0. The third-order valence-electron chi connectivity index (χ3n) is 3.15. The molecule has 94 valence electrons. The van der Waals surface area contributed by atoms with Gasteiger partial charge in [0.2, 0.25) is 0 Å². The van der Waals surface area contributed by atoms with Gasteiger partial charge in [-0.15, -0.1) is 0 Å². The van der Waals surface area contributed by atoms with Gasteiger partial charge in [0.15, 0.2) is 11.5 Å². The first-order valence-electron chi connectivity index (χ1n) is 6.46. The summed E-state index contributed by atoms with van der Waals surface area (Å²) in [5.74, 6) is 1.80. The summed E-state index contributed by atoms with van der Waals surface area (Å²) < 4.78 is 11.2. The summed E-state index contributed by atoms with van der Waals surface area (Å²) in [7, 11) is 0. The van der Waals surface area contributed by atoms with Gasteiger partial charge in [-0.25, -0.2) is 0 Å². The van der Waals surface area contributed by atoms with Gasteiger partial charge in [0.1, 0.15) is 13.2 Å². The Balaban J connectivity index is 2.17. The Bertz CT molecular complexity index is 377. The van der Waals surface area contributed by atoms with Crippen molar-refractivity contribution in [1.29, 1.82) is 0 Å². The molecule has 0 spiro atoms. The summed E-state index contributed by atoms with van der Waals surface area (Å²) in [5.41, 5.74) is 8.28. The number of ether oxygens (including phenoxy) is 2. The molecule has 0 saturated carbocycles. The molecule has 1 aliphatic heterocycles. The number of fused-ring (bicyclic) bond motifs is 1. The Morgan fingerprint density at radius 2 is 1.71 bits per heavy atom. The van der Waals surface area contributed by atoms with Crippen LogP contribution in [0.3, 0.4) is 0 Å². The zero-order valence-corrected chi connectivity index (χ0v) is 10.5. The van der Waals surface area contributed by atoms with Crippen molar-refractivity contribution in [1.82, 2.24) is 0 Å². The molecule has 0 saturated heterocycles. The van der Waals surface area contributed by atoms with Crippen LogP contribution in [-0.2, 0) is 12.8 Å². The van der Waals surface area contributed by atoms with Gasteiger partial charge in [0.25, 0.3) is 0 Å². The fourth-order valence-electron chi connectivity index (χ4n) is 2.19. The monoisotopic (exact) mass is 235 g/mol. The third kappa shape index (κ3) is 2.91. The average Bonchev–Trinajstić information content (AvgIpc) is 2.38. The number of hydrogen-bond donors (Lipinski definition) is 1. The lowest BCUT2D eigenvalue weighted by Gasteiger charge is -2.21. The van der Waals surface area contributed by atoms with Crippen molar-refractivity contribution in [3.05, 3.63) is 23.3 Å². The summed E-state index contributed by atoms with van der Waals surface area (Å²) in [6.07, 6.45) is 4.34. The normalized spacial score (nSPS) is 13.8. The topological polar surface area (TPSA) is 44.5 Å². The molecule has 3 nitrogen and oxygen atoms in total. The van der Waals surface area contributed by atoms with Gasteiger partial charge in [0.05, 0.1) is 0 Å². The van der Waals surface area contributed by atoms with E-state index >= 15 is 0 Å². The van der Waals surface area contributed by atoms with Crippen molar-refractivity contribution >= 4 is 0 Å². The van der Waals surface area contributed by atoms with E-state index in [1.54, 1.807) is 0 Å². The minimum atomic E-state index is 0.653. The maximum atomic E-state index is 5.62. The van der Waals surface area contributed by atoms with Crippen LogP contribution in [0.4, 0.5) is 0 Å². The number of unbranched alkanes of at least 4 members (excludes halogenated alkanes) is 1. The largest absolute Gasteiger partial charge is 0.486 e. The molecule has 0 aliphatic carbocycles. The molecule has 1 aromatic carbocycles. The maximum Gasteiger partial charge on any atom is 0.161 e. The molecule has 0 atom stereocenters. The molecule has 0 aromatic heterocycles. The number of nitrogens with two attached hydrogens (primary N) is 1. The maximum absolute atomic E-state index is 5.62. The van der Waals surface area contributed by atoms with Gasteiger partial charge in [-0.3, -0.25) is 0 Å². The number of rotatable bonds is 5. The molecular weight excluding hydrogens is 214 g/mol. The second-order valence-corrected chi connectivity index (χ2v) is 4.36. The minimum Gasteiger partial charge on any atom is -0.486 e. The van der Waals surface area contributed by atoms with Gasteiger partial charge in [0, 0.05) is 0 Å². The Morgan fingerprint density at radius 1 is 1.06 bits per heavy atom. The molecule has 0 amide bonds. The average molecular weight is 235 g/mol. The van der Waals surface area contributed by atoms with E-state index in [0.29, 0.717) is 13.2 Å². The highest BCUT2D eigenvalue weighted by atomic mass is 16.6. The van der Waals surface area contributed by atoms with Gasteiger partial charge >= 0.3 is 0 Å². The molecule has 17 heavy (non-hydrogen) atoms. The minimum absolute atomic E-state index is 0.653. The van der Waals surface area contributed by atoms with E-state index in [1.165, 1.54) is 11.1 Å². The molecule has 2 N–H and O–H groups in total. The van der Waals surface area contributed by atoms with Crippen molar-refractivity contribution in [3.8, 4) is 11.5 Å². The molecular formula is C14H21NO2. The highest BCUT2D eigenvalue weighted by molar-refractivity contribution is 5.48. The quantitative estimate of drug-likeness (QED) is 0.796. The summed E-state index contributed by atoms with van der Waals surface area (Å²) in [4.78, 5) is 0. The Hall–Kier alpha value is -1.22. The standard InChI is InChI=1S/C14H21NO2/c1-2-11-9-13-14(17-8-7-16-13)10-12(11)5-3-4-6-15/h9-10H,2-8,15H2,1H3. The molecule has 1 aromatic rings. The summed E-state index contributed by atoms with van der Waals surface area (Å²) in [5, 5.41) is 0. The molecule has 0 unspecified atom stereocenters. The first-order chi connectivity index (χ1) is 8.35. The van der Waals surface area contributed by atoms with Crippen LogP contribution >= 0.6 is 0 Å². The SMILES string of the molecule is CCc1cc2c(cc1CCCCN)OCCO2. The van der Waals surface area contributed by atoms with E-state index in [2.05, 4.69) is 19.1 Å². The summed E-state index contributed by atoms with van der Waals surface area (Å²) in [6, 6.07) is 4.27. The van der Waals surface area contributed by atoms with E-state index in [0.717, 1.165) is 43.7 Å². The van der Waals surface area contributed by atoms with Crippen molar-refractivity contribution < 1.29 is 9.47 Å². The Kier molecular flexibility index (Phi) is 4.26. The third-order valence-corrected chi connectivity index (χ3v) is 3.15. The number of hydrogen-bond acceptors (Lipinski definition) is 3. The first kappa shape index (κ1) is 12.2. The fourth-order valence-corrected chi connectivity index (χ4v) is 2.19. The predicted octanol–water partition coefficient (Wildman–Crippen LogP) is 2.30. The lowest BCUT2D eigenvalue weighted by atomic mass is 9.99. The molecule has 3 heteroatoms. The second kappa shape index (κ2) is 5.92. The van der Waals surface area contributed by atoms with Gasteiger partial charge in [-0.05, 0) is 55.5 Å². The highest BCUT2D eigenvalue weighted by Gasteiger charge is 2.14. The van der Waals surface area contributed by atoms with E-state index in [4.69, 9.17) is 15.2 Å². The molecule has 0 fully saturated rings. The van der Waals surface area contributed by atoms with Crippen LogP contribution in [0.5, 0.6) is 11.5 Å². The van der Waals surface area contributed by atoms with Crippen LogP contribution in [0.1, 0.15) is 30.9 Å². The highest BCUT2D eigenvalue weighted by Crippen LogP contribution is 2.34. The smallest absolute Gasteiger partial charge is 0.161 e. The Morgan fingerprint density at radius 3 is 2.29 bits per heavy atom. The predicted molar refractivity (Wildman–Crippen MR) is 68.8 cm³/mol. The van der Waals surface area contributed by atoms with E-state index < -0.39 is 0 Å². The fraction of sp³-hybridized carbons (Fsp3) is 0.571. The summed E-state index contributed by atoms with van der Waals surface area (Å²) in [6.45, 7) is 4.26. The lowest BCUT2D eigenvalue weighted by molar-refractivity contribution is 0.171. The van der Waals surface area contributed by atoms with Crippen LogP contribution < -0.4 is 15.2 Å². The molecule has 2 rings (SSSR count). The van der Waals surface area contributed by atoms with Gasteiger partial charge < -0.3 is 15.2 Å². The van der Waals surface area contributed by atoms with Crippen LogP contribution in [0, 0.1) is 0 Å². The van der Waals surface area contributed by atoms with E-state index in [1.807, 2.05) is 0 Å². The zero-order valence-electron chi connectivity index (χ0n) is 10.5. The zero-order chi connectivity index (χ0) is 12.1. The molecule has 1 aliphatic rings. The number of benzene rings is 1. The van der Waals surface area contributed by atoms with Crippen LogP contribution in [0.15, 0.2) is 12.1 Å². The molecule has 0 radical (unpaired) electrons. The van der Waals surface area contributed by atoms with Crippen LogP contribution in [0.2, 0.25) is 0 Å². The van der Waals surface area contributed by atoms with Crippen molar-refractivity contribution in [3.63, 3.8) is 0 Å². The van der Waals surface area contributed by atoms with E-state index in [9.17, 15) is 0 Å². The second-order valence-electron chi connectivity index (χ2n) is 4.36. The lowest BCUT2D eigenvalue weighted by Crippen LogP contribution is -2.16. The van der Waals surface area contributed by atoms with Gasteiger partial charge in [-0.1, -0.05) is 6.92 Å². The Labute approximate surface area is 103 Å². The van der Waals surface area contributed by atoms with Crippen molar-refractivity contribution in [2.45, 2.75) is 32.6 Å². The van der Waals surface area contributed by atoms with Crippen molar-refractivity contribution in [2.24, 2.45) is 5.73 Å². The van der Waals surface area contributed by atoms with Crippen molar-refractivity contribution in [2.75, 3.05) is 19.8 Å². The van der Waals surface area contributed by atoms with Gasteiger partial charge in [-0.2, -0.15) is 0 Å². The molecule has 0 bridgehead atoms. The van der Waals surface area contributed by atoms with E-state index in [-0.39, 0.29) is 0 Å². The van der Waals surface area contributed by atoms with Crippen LogP contribution in [-0.4, -0.2) is 19.8 Å². The molecule has 1 heterocycles. The number of aryl methyl sites for hydroxylation is 2.